The van der Waals surface area contributed by atoms with E-state index in [1.807, 2.05) is 6.92 Å². The third-order valence-electron chi connectivity index (χ3n) is 3.25. The van der Waals surface area contributed by atoms with Crippen LogP contribution >= 0.6 is 0 Å². The number of ether oxygens (including phenoxy) is 1. The van der Waals surface area contributed by atoms with Gasteiger partial charge in [-0.2, -0.15) is 17.4 Å². The van der Waals surface area contributed by atoms with Crippen LogP contribution in [0.5, 0.6) is 0 Å². The second kappa shape index (κ2) is 8.86. The van der Waals surface area contributed by atoms with Crippen molar-refractivity contribution in [2.75, 3.05) is 39.8 Å². The van der Waals surface area contributed by atoms with Gasteiger partial charge in [0.1, 0.15) is 0 Å². The molecular formula is C12H27N3O3S. The second-order valence-corrected chi connectivity index (χ2v) is 6.73. The summed E-state index contributed by atoms with van der Waals surface area (Å²) in [7, 11) is -1.76. The van der Waals surface area contributed by atoms with E-state index < -0.39 is 10.2 Å². The van der Waals surface area contributed by atoms with Crippen molar-refractivity contribution in [3.05, 3.63) is 0 Å². The maximum Gasteiger partial charge on any atom is 0.279 e. The Bertz CT molecular complexity index is 329. The molecule has 0 aromatic rings. The lowest BCUT2D eigenvalue weighted by Gasteiger charge is -2.24. The summed E-state index contributed by atoms with van der Waals surface area (Å²) in [5.74, 6) is 0. The van der Waals surface area contributed by atoms with Gasteiger partial charge in [0.25, 0.3) is 10.2 Å². The van der Waals surface area contributed by atoms with Crippen molar-refractivity contribution in [1.82, 2.24) is 14.3 Å². The highest BCUT2D eigenvalue weighted by Crippen LogP contribution is 2.12. The number of nitrogens with zero attached hydrogens (tertiary/aromatic N) is 1. The van der Waals surface area contributed by atoms with Crippen LogP contribution in [-0.4, -0.2) is 58.7 Å². The van der Waals surface area contributed by atoms with Crippen LogP contribution in [0.25, 0.3) is 0 Å². The number of hydrogen-bond donors (Lipinski definition) is 2. The van der Waals surface area contributed by atoms with Crippen LogP contribution in [0.2, 0.25) is 0 Å². The Balaban J connectivity index is 2.24. The Hall–Kier alpha value is -0.210. The summed E-state index contributed by atoms with van der Waals surface area (Å²) in [6.45, 7) is 5.42. The van der Waals surface area contributed by atoms with E-state index in [4.69, 9.17) is 4.74 Å². The lowest BCUT2D eigenvalue weighted by atomic mass is 10.1. The number of rotatable bonds is 9. The summed E-state index contributed by atoms with van der Waals surface area (Å²) in [4.78, 5) is 0. The number of hydrogen-bond acceptors (Lipinski definition) is 4. The van der Waals surface area contributed by atoms with E-state index in [9.17, 15) is 8.42 Å². The quantitative estimate of drug-likeness (QED) is 0.601. The van der Waals surface area contributed by atoms with E-state index in [1.54, 1.807) is 7.05 Å². The molecule has 7 heteroatoms. The van der Waals surface area contributed by atoms with Gasteiger partial charge in [0.15, 0.2) is 0 Å². The molecule has 1 atom stereocenters. The molecule has 0 aliphatic carbocycles. The Morgan fingerprint density at radius 1 is 1.37 bits per heavy atom. The maximum atomic E-state index is 12.0. The molecule has 2 N–H and O–H groups in total. The molecule has 1 unspecified atom stereocenters. The summed E-state index contributed by atoms with van der Waals surface area (Å²) in [5, 5.41) is 3.18. The SMILES string of the molecule is CCNCCCN(C)S(=O)(=O)NCC1CCCCO1. The molecule has 0 spiro atoms. The van der Waals surface area contributed by atoms with Crippen LogP contribution in [0, 0.1) is 0 Å². The van der Waals surface area contributed by atoms with E-state index in [0.29, 0.717) is 13.1 Å². The van der Waals surface area contributed by atoms with Crippen molar-refractivity contribution in [3.63, 3.8) is 0 Å². The van der Waals surface area contributed by atoms with Gasteiger partial charge in [0.2, 0.25) is 0 Å². The zero-order chi connectivity index (χ0) is 14.1. The van der Waals surface area contributed by atoms with Crippen molar-refractivity contribution < 1.29 is 13.2 Å². The van der Waals surface area contributed by atoms with Crippen LogP contribution in [0.3, 0.4) is 0 Å². The number of nitrogens with one attached hydrogen (secondary N) is 2. The van der Waals surface area contributed by atoms with Crippen LogP contribution in [0.15, 0.2) is 0 Å². The van der Waals surface area contributed by atoms with Crippen LogP contribution in [-0.2, 0) is 14.9 Å². The second-order valence-electron chi connectivity index (χ2n) is 4.87. The molecule has 0 radical (unpaired) electrons. The van der Waals surface area contributed by atoms with Gasteiger partial charge < -0.3 is 10.1 Å². The molecule has 1 aliphatic rings. The molecule has 1 aliphatic heterocycles. The first-order valence-electron chi connectivity index (χ1n) is 7.09. The van der Waals surface area contributed by atoms with Gasteiger partial charge in [-0.1, -0.05) is 6.92 Å². The molecule has 0 aromatic heterocycles. The van der Waals surface area contributed by atoms with Crippen molar-refractivity contribution in [3.8, 4) is 0 Å². The van der Waals surface area contributed by atoms with Gasteiger partial charge in [-0.3, -0.25) is 0 Å². The van der Waals surface area contributed by atoms with Gasteiger partial charge in [-0.25, -0.2) is 0 Å². The van der Waals surface area contributed by atoms with Gasteiger partial charge in [0, 0.05) is 26.7 Å². The molecule has 0 amide bonds. The maximum absolute atomic E-state index is 12.0. The topological polar surface area (TPSA) is 70.7 Å². The fourth-order valence-corrected chi connectivity index (χ4v) is 2.99. The molecule has 1 fully saturated rings. The van der Waals surface area contributed by atoms with E-state index in [0.717, 1.165) is 45.4 Å². The van der Waals surface area contributed by atoms with Gasteiger partial charge >= 0.3 is 0 Å². The Kier molecular flexibility index (Phi) is 7.86. The fourth-order valence-electron chi connectivity index (χ4n) is 2.00. The summed E-state index contributed by atoms with van der Waals surface area (Å²) in [6.07, 6.45) is 3.97. The summed E-state index contributed by atoms with van der Waals surface area (Å²) >= 11 is 0. The molecule has 1 rings (SSSR count). The van der Waals surface area contributed by atoms with Gasteiger partial charge in [0.05, 0.1) is 6.10 Å². The minimum absolute atomic E-state index is 0.0266. The van der Waals surface area contributed by atoms with Crippen molar-refractivity contribution in [2.24, 2.45) is 0 Å². The highest BCUT2D eigenvalue weighted by Gasteiger charge is 2.20. The van der Waals surface area contributed by atoms with Crippen molar-refractivity contribution in [1.29, 1.82) is 0 Å². The van der Waals surface area contributed by atoms with Gasteiger partial charge in [-0.05, 0) is 38.8 Å². The van der Waals surface area contributed by atoms with E-state index in [-0.39, 0.29) is 6.10 Å². The first kappa shape index (κ1) is 16.8. The third kappa shape index (κ3) is 6.67. The minimum Gasteiger partial charge on any atom is -0.377 e. The van der Waals surface area contributed by atoms with E-state index >= 15 is 0 Å². The highest BCUT2D eigenvalue weighted by atomic mass is 32.2. The summed E-state index contributed by atoms with van der Waals surface area (Å²) < 4.78 is 33.5. The average molecular weight is 293 g/mol. The molecule has 6 nitrogen and oxygen atoms in total. The fraction of sp³-hybridized carbons (Fsp3) is 1.00. The molecular weight excluding hydrogens is 266 g/mol. The van der Waals surface area contributed by atoms with Crippen LogP contribution in [0.4, 0.5) is 0 Å². The van der Waals surface area contributed by atoms with E-state index in [2.05, 4.69) is 10.0 Å². The Morgan fingerprint density at radius 3 is 2.79 bits per heavy atom. The monoisotopic (exact) mass is 293 g/mol. The van der Waals surface area contributed by atoms with E-state index in [1.165, 1.54) is 4.31 Å². The Labute approximate surface area is 117 Å². The van der Waals surface area contributed by atoms with Crippen LogP contribution < -0.4 is 10.0 Å². The lowest BCUT2D eigenvalue weighted by molar-refractivity contribution is 0.0198. The molecule has 1 saturated heterocycles. The molecule has 1 heterocycles. The lowest BCUT2D eigenvalue weighted by Crippen LogP contribution is -2.43. The minimum atomic E-state index is -3.37. The molecule has 0 bridgehead atoms. The summed E-state index contributed by atoms with van der Waals surface area (Å²) in [5.41, 5.74) is 0. The predicted octanol–water partition coefficient (Wildman–Crippen LogP) is 0.321. The molecule has 0 saturated carbocycles. The smallest absolute Gasteiger partial charge is 0.279 e. The normalized spacial score (nSPS) is 20.9. The highest BCUT2D eigenvalue weighted by molar-refractivity contribution is 7.87. The molecule has 114 valence electrons. The standard InChI is InChI=1S/C12H27N3O3S/c1-3-13-8-6-9-15(2)19(16,17)14-11-12-7-4-5-10-18-12/h12-14H,3-11H2,1-2H3. The zero-order valence-corrected chi connectivity index (χ0v) is 12.8. The van der Waals surface area contributed by atoms with Crippen molar-refractivity contribution >= 4 is 10.2 Å². The average Bonchev–Trinajstić information content (AvgIpc) is 2.42. The van der Waals surface area contributed by atoms with Crippen LogP contribution in [0.1, 0.15) is 32.6 Å². The van der Waals surface area contributed by atoms with Crippen molar-refractivity contribution in [2.45, 2.75) is 38.7 Å². The third-order valence-corrected chi connectivity index (χ3v) is 4.79. The predicted molar refractivity (Wildman–Crippen MR) is 76.3 cm³/mol. The Morgan fingerprint density at radius 2 is 2.16 bits per heavy atom. The molecule has 0 aromatic carbocycles. The first-order valence-corrected chi connectivity index (χ1v) is 8.53. The largest absolute Gasteiger partial charge is 0.377 e. The zero-order valence-electron chi connectivity index (χ0n) is 12.0. The molecule has 19 heavy (non-hydrogen) atoms. The summed E-state index contributed by atoms with van der Waals surface area (Å²) in [6, 6.07) is 0. The first-order chi connectivity index (χ1) is 9.06. The van der Waals surface area contributed by atoms with Gasteiger partial charge in [-0.15, -0.1) is 0 Å².